The van der Waals surface area contributed by atoms with Crippen LogP contribution in [0.5, 0.6) is 0 Å². The van der Waals surface area contributed by atoms with Gasteiger partial charge in [0.15, 0.2) is 0 Å². The first kappa shape index (κ1) is 15.4. The van der Waals surface area contributed by atoms with E-state index >= 15 is 0 Å². The number of aryl methyl sites for hydroxylation is 1. The fourth-order valence-corrected chi connectivity index (χ4v) is 4.87. The van der Waals surface area contributed by atoms with Crippen molar-refractivity contribution in [3.63, 3.8) is 0 Å². The quantitative estimate of drug-likeness (QED) is 0.668. The van der Waals surface area contributed by atoms with Gasteiger partial charge in [0.2, 0.25) is 0 Å². The Hall–Kier alpha value is -0.653. The maximum absolute atomic E-state index is 11.5. The van der Waals surface area contributed by atoms with E-state index in [2.05, 4.69) is 20.0 Å². The van der Waals surface area contributed by atoms with Crippen LogP contribution in [0.3, 0.4) is 0 Å². The van der Waals surface area contributed by atoms with Crippen LogP contribution in [-0.4, -0.2) is 21.8 Å². The Morgan fingerprint density at radius 2 is 1.89 bits per heavy atom. The third-order valence-corrected chi connectivity index (χ3v) is 5.67. The zero-order valence-corrected chi connectivity index (χ0v) is 13.3. The van der Waals surface area contributed by atoms with Crippen LogP contribution in [0.4, 0.5) is 0 Å². The molecule has 0 amide bonds. The number of unbranched alkanes of at least 4 members (excludes halogenated alkanes) is 1. The number of hydrogen-bond donors (Lipinski definition) is 1. The second-order valence-electron chi connectivity index (χ2n) is 4.81. The van der Waals surface area contributed by atoms with Gasteiger partial charge in [-0.15, -0.1) is 0 Å². The van der Waals surface area contributed by atoms with Crippen molar-refractivity contribution in [3.05, 3.63) is 23.3 Å². The predicted molar refractivity (Wildman–Crippen MR) is 76.7 cm³/mol. The monoisotopic (exact) mass is 285 g/mol. The fraction of sp³-hybridized carbons (Fsp3) is 0.538. The minimum absolute atomic E-state index is 0.0998. The van der Waals surface area contributed by atoms with Gasteiger partial charge in [-0.1, -0.05) is 43.3 Å². The maximum Gasteiger partial charge on any atom is 0.294 e. The highest BCUT2D eigenvalue weighted by atomic mass is 32.2. The van der Waals surface area contributed by atoms with Crippen LogP contribution in [-0.2, 0) is 16.5 Å². The van der Waals surface area contributed by atoms with Crippen molar-refractivity contribution in [1.82, 2.24) is 0 Å². The first-order valence-electron chi connectivity index (χ1n) is 6.19. The summed E-state index contributed by atoms with van der Waals surface area (Å²) in [7, 11) is -4.88. The highest BCUT2D eigenvalue weighted by Gasteiger charge is 2.21. The lowest BCUT2D eigenvalue weighted by molar-refractivity contribution is 0.482. The van der Waals surface area contributed by atoms with E-state index in [9.17, 15) is 13.0 Å². The molecule has 0 saturated heterocycles. The van der Waals surface area contributed by atoms with Gasteiger partial charge in [-0.25, -0.2) is 0 Å². The lowest BCUT2D eigenvalue weighted by atomic mass is 10.1. The van der Waals surface area contributed by atoms with Crippen LogP contribution in [0.15, 0.2) is 17.0 Å². The molecule has 0 bridgehead atoms. The lowest BCUT2D eigenvalue weighted by Crippen LogP contribution is -2.31. The summed E-state index contributed by atoms with van der Waals surface area (Å²) in [6.45, 7) is 8.38. The molecule has 3 nitrogen and oxygen atoms in total. The third-order valence-electron chi connectivity index (χ3n) is 3.04. The average Bonchev–Trinajstić information content (AvgIpc) is 2.23. The van der Waals surface area contributed by atoms with Crippen LogP contribution >= 0.6 is 0 Å². The van der Waals surface area contributed by atoms with Gasteiger partial charge in [0.1, 0.15) is 0 Å². The summed E-state index contributed by atoms with van der Waals surface area (Å²) >= 11 is 0. The lowest BCUT2D eigenvalue weighted by Gasteiger charge is -2.18. The Kier molecular flexibility index (Phi) is 5.13. The second-order valence-corrected chi connectivity index (χ2v) is 8.70. The smallest absolute Gasteiger partial charge is 0.282 e. The molecule has 18 heavy (non-hydrogen) atoms. The summed E-state index contributed by atoms with van der Waals surface area (Å²) < 4.78 is 32.3. The molecule has 0 saturated carbocycles. The SMILES string of the molecule is CCCCc1c(S(=O)(=O)O)ccc(C)c1[Si](C)C. The topological polar surface area (TPSA) is 54.4 Å². The molecule has 101 valence electrons. The molecule has 1 aromatic rings. The molecule has 0 heterocycles. The van der Waals surface area contributed by atoms with Crippen molar-refractivity contribution in [2.45, 2.75) is 51.1 Å². The molecule has 0 aliphatic carbocycles. The molecule has 0 spiro atoms. The van der Waals surface area contributed by atoms with Gasteiger partial charge in [0, 0.05) is 0 Å². The molecule has 1 rings (SSSR count). The number of hydrogen-bond acceptors (Lipinski definition) is 2. The molecule has 1 N–H and O–H groups in total. The van der Waals surface area contributed by atoms with Crippen LogP contribution in [0.2, 0.25) is 13.1 Å². The Morgan fingerprint density at radius 3 is 2.33 bits per heavy atom. The highest BCUT2D eigenvalue weighted by Crippen LogP contribution is 2.19. The van der Waals surface area contributed by atoms with Gasteiger partial charge < -0.3 is 0 Å². The van der Waals surface area contributed by atoms with Crippen LogP contribution in [0.25, 0.3) is 0 Å². The van der Waals surface area contributed by atoms with Crippen molar-refractivity contribution < 1.29 is 13.0 Å². The molecule has 0 aliphatic heterocycles. The summed E-state index contributed by atoms with van der Waals surface area (Å²) in [5, 5.41) is 1.16. The average molecular weight is 285 g/mol. The minimum atomic E-state index is -4.12. The van der Waals surface area contributed by atoms with Crippen LogP contribution in [0.1, 0.15) is 30.9 Å². The summed E-state index contributed by atoms with van der Waals surface area (Å²) in [5.41, 5.74) is 1.96. The van der Waals surface area contributed by atoms with E-state index in [4.69, 9.17) is 0 Å². The van der Waals surface area contributed by atoms with Crippen molar-refractivity contribution in [3.8, 4) is 0 Å². The van der Waals surface area contributed by atoms with Gasteiger partial charge in [0.05, 0.1) is 13.7 Å². The summed E-state index contributed by atoms with van der Waals surface area (Å²) in [6, 6.07) is 3.33. The standard InChI is InChI=1S/C13H21O3SSi/c1-5-6-7-11-12(17(14,15)16)9-8-10(2)13(11)18(3)4/h8-9H,5-7H2,1-4H3,(H,14,15,16). The molecular weight excluding hydrogens is 264 g/mol. The van der Waals surface area contributed by atoms with E-state index in [1.807, 2.05) is 6.92 Å². The first-order chi connectivity index (χ1) is 8.29. The largest absolute Gasteiger partial charge is 0.294 e. The van der Waals surface area contributed by atoms with Crippen molar-refractivity contribution >= 4 is 24.1 Å². The van der Waals surface area contributed by atoms with Gasteiger partial charge >= 0.3 is 0 Å². The number of rotatable bonds is 5. The van der Waals surface area contributed by atoms with Gasteiger partial charge in [-0.2, -0.15) is 8.42 Å². The summed E-state index contributed by atoms with van der Waals surface area (Å²) in [6.07, 6.45) is 2.67. The normalized spacial score (nSPS) is 12.1. The Balaban J connectivity index is 3.49. The number of benzene rings is 1. The Morgan fingerprint density at radius 1 is 1.28 bits per heavy atom. The van der Waals surface area contributed by atoms with Crippen molar-refractivity contribution in [1.29, 1.82) is 0 Å². The molecular formula is C13H21O3SSi. The van der Waals surface area contributed by atoms with Crippen molar-refractivity contribution in [2.75, 3.05) is 0 Å². The van der Waals surface area contributed by atoms with Crippen LogP contribution in [0, 0.1) is 6.92 Å². The van der Waals surface area contributed by atoms with E-state index in [0.29, 0.717) is 0 Å². The van der Waals surface area contributed by atoms with E-state index in [-0.39, 0.29) is 4.90 Å². The van der Waals surface area contributed by atoms with E-state index in [1.54, 1.807) is 6.07 Å². The van der Waals surface area contributed by atoms with Gasteiger partial charge in [-0.3, -0.25) is 4.55 Å². The predicted octanol–water partition coefficient (Wildman–Crippen LogP) is 2.55. The first-order valence-corrected chi connectivity index (χ1v) is 10.1. The third kappa shape index (κ3) is 3.43. The molecule has 0 unspecified atom stereocenters. The Labute approximate surface area is 112 Å². The maximum atomic E-state index is 11.5. The molecule has 0 fully saturated rings. The van der Waals surface area contributed by atoms with Gasteiger partial charge in [0.25, 0.3) is 10.1 Å². The molecule has 1 aromatic carbocycles. The molecule has 0 aromatic heterocycles. The van der Waals surface area contributed by atoms with Crippen molar-refractivity contribution in [2.24, 2.45) is 0 Å². The van der Waals surface area contributed by atoms with E-state index in [1.165, 1.54) is 6.07 Å². The summed E-state index contributed by atoms with van der Waals surface area (Å²) in [4.78, 5) is 0.0998. The summed E-state index contributed by atoms with van der Waals surface area (Å²) in [5.74, 6) is 0. The van der Waals surface area contributed by atoms with E-state index < -0.39 is 18.9 Å². The Bertz CT molecular complexity index is 521. The molecule has 1 radical (unpaired) electrons. The van der Waals surface area contributed by atoms with Crippen LogP contribution < -0.4 is 5.19 Å². The minimum Gasteiger partial charge on any atom is -0.282 e. The molecule has 5 heteroatoms. The van der Waals surface area contributed by atoms with Gasteiger partial charge in [-0.05, 0) is 31.4 Å². The fourth-order valence-electron chi connectivity index (χ4n) is 2.29. The molecule has 0 atom stereocenters. The zero-order chi connectivity index (χ0) is 13.9. The second kappa shape index (κ2) is 5.99. The molecule has 0 aliphatic rings. The zero-order valence-electron chi connectivity index (χ0n) is 11.4. The highest BCUT2D eigenvalue weighted by molar-refractivity contribution is 7.85. The van der Waals surface area contributed by atoms with E-state index in [0.717, 1.165) is 35.6 Å².